The maximum atomic E-state index is 13.8. The molecule has 0 saturated carbocycles. The number of rotatable bonds is 12. The molecule has 1 amide bonds. The predicted molar refractivity (Wildman–Crippen MR) is 192 cm³/mol. The molecule has 5 rings (SSSR count). The lowest BCUT2D eigenvalue weighted by Gasteiger charge is -2.38. The number of hydrogen-bond donors (Lipinski definition) is 3. The van der Waals surface area contributed by atoms with Crippen LogP contribution in [0.2, 0.25) is 0 Å². The number of nitrogens with one attached hydrogen (secondary N) is 1. The molecule has 2 aliphatic heterocycles. The van der Waals surface area contributed by atoms with E-state index in [0.717, 1.165) is 16.7 Å². The summed E-state index contributed by atoms with van der Waals surface area (Å²) in [6.07, 6.45) is -0.455. The molecule has 51 heavy (non-hydrogen) atoms. The summed E-state index contributed by atoms with van der Waals surface area (Å²) in [4.78, 5) is 15.1. The Labute approximate surface area is 300 Å². The summed E-state index contributed by atoms with van der Waals surface area (Å²) < 4.78 is 73.4. The number of sulfonamides is 2. The number of carbonyl (C=O) groups is 1. The number of carbonyl (C=O) groups excluding carboxylic acids is 1. The first kappa shape index (κ1) is 38.7. The topological polar surface area (TPSA) is 178 Å². The average molecular weight is 745 g/mol. The van der Waals surface area contributed by atoms with E-state index in [1.165, 1.54) is 34.5 Å². The van der Waals surface area contributed by atoms with Gasteiger partial charge in [-0.2, -0.15) is 4.31 Å². The lowest BCUT2D eigenvalue weighted by Crippen LogP contribution is -2.50. The third-order valence-electron chi connectivity index (χ3n) is 9.12. The standard InChI is InChI=1S/C36H48N4O9S2/c1-35(2,3)49-34(42)40(23-30(41)25-47-31-8-6-9-32(20-31)50(43,44)38-4)29-21-36(48-24-29)15-17-39(18-16-36)51(45,46)33-10-5-7-28(19-33)27-13-11-26(22-37)12-14-27/h5-14,19-20,29-30,38,41H,15-18,21-25,37H2,1-4H3/t29?,30-/m0/s1. The molecule has 1 unspecified atom stereocenters. The number of benzene rings is 3. The summed E-state index contributed by atoms with van der Waals surface area (Å²) in [6.45, 7) is 6.03. The van der Waals surface area contributed by atoms with E-state index in [1.54, 1.807) is 45.0 Å². The Morgan fingerprint density at radius 3 is 2.33 bits per heavy atom. The van der Waals surface area contributed by atoms with Crippen molar-refractivity contribution in [3.8, 4) is 16.9 Å². The van der Waals surface area contributed by atoms with Gasteiger partial charge in [-0.05, 0) is 88.0 Å². The molecular weight excluding hydrogens is 697 g/mol. The summed E-state index contributed by atoms with van der Waals surface area (Å²) in [7, 11) is -6.16. The second-order valence-corrected chi connectivity index (χ2v) is 17.8. The van der Waals surface area contributed by atoms with Gasteiger partial charge < -0.3 is 30.0 Å². The number of ether oxygens (including phenoxy) is 3. The van der Waals surface area contributed by atoms with Crippen LogP contribution in [0.25, 0.3) is 11.1 Å². The van der Waals surface area contributed by atoms with Crippen molar-refractivity contribution < 1.29 is 40.9 Å². The van der Waals surface area contributed by atoms with E-state index in [2.05, 4.69) is 4.72 Å². The number of hydrogen-bond acceptors (Lipinski definition) is 10. The van der Waals surface area contributed by atoms with E-state index in [0.29, 0.717) is 25.8 Å². The fourth-order valence-corrected chi connectivity index (χ4v) is 8.59. The molecule has 0 radical (unpaired) electrons. The number of nitrogens with zero attached hydrogens (tertiary/aromatic N) is 2. The SMILES string of the molecule is CNS(=O)(=O)c1cccc(OC[C@@H](O)CN(C(=O)OC(C)(C)C)C2COC3(CCN(S(=O)(=O)c4cccc(-c5ccc(CN)cc5)c4)CC3)C2)c1. The Morgan fingerprint density at radius 2 is 1.69 bits per heavy atom. The summed E-state index contributed by atoms with van der Waals surface area (Å²) in [6, 6.07) is 20.1. The Morgan fingerprint density at radius 1 is 1.02 bits per heavy atom. The van der Waals surface area contributed by atoms with Gasteiger partial charge in [0.2, 0.25) is 20.0 Å². The maximum absolute atomic E-state index is 13.8. The van der Waals surface area contributed by atoms with E-state index in [4.69, 9.17) is 19.9 Å². The zero-order valence-corrected chi connectivity index (χ0v) is 31.1. The molecule has 2 saturated heterocycles. The highest BCUT2D eigenvalue weighted by Gasteiger charge is 2.48. The van der Waals surface area contributed by atoms with E-state index in [9.17, 15) is 26.7 Å². The molecule has 0 aromatic heterocycles. The molecular formula is C36H48N4O9S2. The summed E-state index contributed by atoms with van der Waals surface area (Å²) >= 11 is 0. The monoisotopic (exact) mass is 744 g/mol. The van der Waals surface area contributed by atoms with E-state index < -0.39 is 49.5 Å². The molecule has 0 bridgehead atoms. The number of piperidine rings is 1. The van der Waals surface area contributed by atoms with E-state index >= 15 is 0 Å². The molecule has 4 N–H and O–H groups in total. The van der Waals surface area contributed by atoms with Crippen molar-refractivity contribution in [2.45, 2.75) is 79.7 Å². The Bertz CT molecular complexity index is 1890. The van der Waals surface area contributed by atoms with Crippen LogP contribution in [-0.4, -0.2) is 100 Å². The van der Waals surface area contributed by atoms with E-state index in [1.807, 2.05) is 30.3 Å². The van der Waals surface area contributed by atoms with Crippen LogP contribution >= 0.6 is 0 Å². The highest BCUT2D eigenvalue weighted by atomic mass is 32.2. The van der Waals surface area contributed by atoms with Crippen molar-refractivity contribution in [3.05, 3.63) is 78.4 Å². The molecule has 2 heterocycles. The molecule has 278 valence electrons. The maximum Gasteiger partial charge on any atom is 0.410 e. The van der Waals surface area contributed by atoms with Gasteiger partial charge in [-0.3, -0.25) is 0 Å². The van der Waals surface area contributed by atoms with Crippen molar-refractivity contribution in [2.24, 2.45) is 5.73 Å². The Hall–Kier alpha value is -3.57. The highest BCUT2D eigenvalue weighted by molar-refractivity contribution is 7.89. The minimum atomic E-state index is -3.78. The molecule has 15 heteroatoms. The fourth-order valence-electron chi connectivity index (χ4n) is 6.34. The third-order valence-corrected chi connectivity index (χ3v) is 12.4. The lowest BCUT2D eigenvalue weighted by molar-refractivity contribution is -0.0329. The molecule has 0 aliphatic carbocycles. The van der Waals surface area contributed by atoms with E-state index in [-0.39, 0.29) is 48.4 Å². The van der Waals surface area contributed by atoms with Gasteiger partial charge in [0.25, 0.3) is 0 Å². The quantitative estimate of drug-likeness (QED) is 0.248. The van der Waals surface area contributed by atoms with Crippen molar-refractivity contribution in [1.29, 1.82) is 0 Å². The fraction of sp³-hybridized carbons (Fsp3) is 0.472. The summed E-state index contributed by atoms with van der Waals surface area (Å²) in [5.74, 6) is 0.243. The zero-order chi connectivity index (χ0) is 37.0. The van der Waals surface area contributed by atoms with Gasteiger partial charge in [-0.15, -0.1) is 0 Å². The normalized spacial score (nSPS) is 18.7. The molecule has 1 spiro atoms. The van der Waals surface area contributed by atoms with Crippen LogP contribution in [0, 0.1) is 0 Å². The third kappa shape index (κ3) is 9.46. The summed E-state index contributed by atoms with van der Waals surface area (Å²) in [5, 5.41) is 11.0. The van der Waals surface area contributed by atoms with Crippen LogP contribution in [0.15, 0.2) is 82.6 Å². The number of aliphatic hydroxyl groups excluding tert-OH is 1. The van der Waals surface area contributed by atoms with Crippen molar-refractivity contribution >= 4 is 26.1 Å². The van der Waals surface area contributed by atoms with Crippen LogP contribution in [0.3, 0.4) is 0 Å². The van der Waals surface area contributed by atoms with Crippen molar-refractivity contribution in [3.63, 3.8) is 0 Å². The molecule has 3 aromatic rings. The molecule has 2 atom stereocenters. The number of nitrogens with two attached hydrogens (primary N) is 1. The minimum absolute atomic E-state index is 0.0158. The number of amides is 1. The smallest absolute Gasteiger partial charge is 0.410 e. The Kier molecular flexibility index (Phi) is 11.8. The van der Waals surface area contributed by atoms with Gasteiger partial charge in [-0.25, -0.2) is 26.4 Å². The molecule has 2 aliphatic rings. The first-order chi connectivity index (χ1) is 24.0. The summed E-state index contributed by atoms with van der Waals surface area (Å²) in [5.41, 5.74) is 6.96. The first-order valence-corrected chi connectivity index (χ1v) is 19.8. The highest BCUT2D eigenvalue weighted by Crippen LogP contribution is 2.39. The second kappa shape index (κ2) is 15.6. The first-order valence-electron chi connectivity index (χ1n) is 16.9. The van der Waals surface area contributed by atoms with Gasteiger partial charge in [0.05, 0.1) is 34.6 Å². The minimum Gasteiger partial charge on any atom is -0.491 e. The van der Waals surface area contributed by atoms with Crippen molar-refractivity contribution in [1.82, 2.24) is 13.9 Å². The van der Waals surface area contributed by atoms with Gasteiger partial charge in [0.1, 0.15) is 24.1 Å². The van der Waals surface area contributed by atoms with Gasteiger partial charge in [-0.1, -0.05) is 42.5 Å². The van der Waals surface area contributed by atoms with Gasteiger partial charge in [0.15, 0.2) is 0 Å². The van der Waals surface area contributed by atoms with Crippen molar-refractivity contribution in [2.75, 3.05) is 39.9 Å². The molecule has 2 fully saturated rings. The predicted octanol–water partition coefficient (Wildman–Crippen LogP) is 3.71. The van der Waals surface area contributed by atoms with Crippen LogP contribution in [-0.2, 0) is 36.1 Å². The second-order valence-electron chi connectivity index (χ2n) is 14.0. The van der Waals surface area contributed by atoms with Crippen LogP contribution in [0.4, 0.5) is 4.79 Å². The lowest BCUT2D eigenvalue weighted by atomic mass is 9.88. The van der Waals surface area contributed by atoms with Crippen LogP contribution < -0.4 is 15.2 Å². The average Bonchev–Trinajstić information content (AvgIpc) is 3.51. The number of aliphatic hydroxyl groups is 1. The largest absolute Gasteiger partial charge is 0.491 e. The van der Waals surface area contributed by atoms with Gasteiger partial charge in [0, 0.05) is 25.7 Å². The van der Waals surface area contributed by atoms with Crippen LogP contribution in [0.1, 0.15) is 45.6 Å². The Balaban J connectivity index is 1.23. The molecule has 13 nitrogen and oxygen atoms in total. The zero-order valence-electron chi connectivity index (χ0n) is 29.4. The van der Waals surface area contributed by atoms with Gasteiger partial charge >= 0.3 is 6.09 Å². The molecule has 3 aromatic carbocycles. The van der Waals surface area contributed by atoms with Crippen LogP contribution in [0.5, 0.6) is 5.75 Å².